The number of hydrogen-bond donors (Lipinski definition) is 2. The summed E-state index contributed by atoms with van der Waals surface area (Å²) in [7, 11) is 0. The van der Waals surface area contributed by atoms with Crippen molar-refractivity contribution in [3.8, 4) is 0 Å². The molecule has 0 bridgehead atoms. The van der Waals surface area contributed by atoms with Gasteiger partial charge < -0.3 is 10.2 Å². The van der Waals surface area contributed by atoms with Crippen molar-refractivity contribution in [3.05, 3.63) is 48.5 Å². The quantitative estimate of drug-likeness (QED) is 0.470. The Bertz CT molecular complexity index is 1180. The van der Waals surface area contributed by atoms with Crippen LogP contribution in [0.15, 0.2) is 53.7 Å². The summed E-state index contributed by atoms with van der Waals surface area (Å²) in [6.45, 7) is 4.11. The van der Waals surface area contributed by atoms with Crippen LogP contribution in [0.2, 0.25) is 0 Å². The Balaban J connectivity index is 1.27. The van der Waals surface area contributed by atoms with Crippen molar-refractivity contribution in [3.63, 3.8) is 0 Å². The van der Waals surface area contributed by atoms with E-state index in [1.54, 1.807) is 0 Å². The van der Waals surface area contributed by atoms with Crippen molar-refractivity contribution in [1.82, 2.24) is 19.6 Å². The third-order valence-electron chi connectivity index (χ3n) is 5.51. The smallest absolute Gasteiger partial charge is 0.237 e. The van der Waals surface area contributed by atoms with Gasteiger partial charge in [-0.3, -0.25) is 9.20 Å². The van der Waals surface area contributed by atoms with E-state index in [1.165, 1.54) is 36.7 Å². The third-order valence-corrected chi connectivity index (χ3v) is 6.56. The predicted molar refractivity (Wildman–Crippen MR) is 121 cm³/mol. The monoisotopic (exact) mass is 420 g/mol. The number of benzene rings is 2. The number of aromatic amines is 1. The summed E-state index contributed by atoms with van der Waals surface area (Å²) < 4.78 is 1.96. The molecule has 154 valence electrons. The first kappa shape index (κ1) is 19.0. The molecule has 30 heavy (non-hydrogen) atoms. The maximum absolute atomic E-state index is 12.8. The van der Waals surface area contributed by atoms with Gasteiger partial charge in [0.25, 0.3) is 0 Å². The highest BCUT2D eigenvalue weighted by atomic mass is 32.2. The van der Waals surface area contributed by atoms with E-state index in [2.05, 4.69) is 37.5 Å². The molecule has 1 fully saturated rings. The fraction of sp³-hybridized carbons (Fsp3) is 0.318. The van der Waals surface area contributed by atoms with E-state index in [1.807, 2.05) is 47.7 Å². The standard InChI is InChI=1S/C22H24N6OS/c1-15(30-22-26-25-21-24-18-7-3-4-8-19(18)28(21)22)20(29)23-16-9-11-17(12-10-16)27-13-5-2-6-14-27/h3-4,7-12,15H,2,5-6,13-14H2,1H3,(H,23,29)(H,24,25). The second-order valence-electron chi connectivity index (χ2n) is 7.61. The summed E-state index contributed by atoms with van der Waals surface area (Å²) in [5, 5.41) is 10.7. The molecule has 2 N–H and O–H groups in total. The van der Waals surface area contributed by atoms with Crippen molar-refractivity contribution in [2.24, 2.45) is 0 Å². The highest BCUT2D eigenvalue weighted by Gasteiger charge is 2.20. The number of nitrogens with one attached hydrogen (secondary N) is 2. The minimum absolute atomic E-state index is 0.0497. The van der Waals surface area contributed by atoms with E-state index < -0.39 is 0 Å². The van der Waals surface area contributed by atoms with Gasteiger partial charge in [-0.25, -0.2) is 10.1 Å². The summed E-state index contributed by atoms with van der Waals surface area (Å²) in [5.41, 5.74) is 3.91. The number of imidazole rings is 1. The molecule has 2 aromatic heterocycles. The summed E-state index contributed by atoms with van der Waals surface area (Å²) >= 11 is 1.41. The minimum atomic E-state index is -0.306. The van der Waals surface area contributed by atoms with Crippen molar-refractivity contribution in [1.29, 1.82) is 0 Å². The van der Waals surface area contributed by atoms with Gasteiger partial charge in [-0.2, -0.15) is 0 Å². The number of piperidine rings is 1. The zero-order chi connectivity index (χ0) is 20.5. The molecular weight excluding hydrogens is 396 g/mol. The van der Waals surface area contributed by atoms with Crippen molar-refractivity contribution >= 4 is 45.9 Å². The fourth-order valence-electron chi connectivity index (χ4n) is 3.88. The number of aromatic nitrogens is 4. The zero-order valence-electron chi connectivity index (χ0n) is 16.8. The second-order valence-corrected chi connectivity index (χ2v) is 8.92. The number of para-hydroxylation sites is 2. The summed E-state index contributed by atoms with van der Waals surface area (Å²) in [4.78, 5) is 19.7. The lowest BCUT2D eigenvalue weighted by atomic mass is 10.1. The van der Waals surface area contributed by atoms with Crippen LogP contribution in [0.3, 0.4) is 0 Å². The first-order valence-corrected chi connectivity index (χ1v) is 11.2. The Morgan fingerprint density at radius 2 is 1.87 bits per heavy atom. The van der Waals surface area contributed by atoms with Gasteiger partial charge in [0.15, 0.2) is 5.16 Å². The van der Waals surface area contributed by atoms with Crippen LogP contribution in [-0.4, -0.2) is 43.8 Å². The Hall–Kier alpha value is -3.00. The Kier molecular flexibility index (Phi) is 5.08. The number of hydrogen-bond acceptors (Lipinski definition) is 5. The Morgan fingerprint density at radius 1 is 1.10 bits per heavy atom. The summed E-state index contributed by atoms with van der Waals surface area (Å²) in [6.07, 6.45) is 3.82. The molecule has 0 radical (unpaired) electrons. The largest absolute Gasteiger partial charge is 0.372 e. The number of nitrogens with zero attached hydrogens (tertiary/aromatic N) is 4. The first-order valence-electron chi connectivity index (χ1n) is 10.3. The fourth-order valence-corrected chi connectivity index (χ4v) is 4.76. The van der Waals surface area contributed by atoms with Gasteiger partial charge in [0.1, 0.15) is 0 Å². The number of fused-ring (bicyclic) bond motifs is 3. The maximum atomic E-state index is 12.8. The van der Waals surface area contributed by atoms with Crippen LogP contribution in [0.25, 0.3) is 16.8 Å². The molecular formula is C22H24N6OS. The molecule has 7 nitrogen and oxygen atoms in total. The molecule has 5 rings (SSSR count). The van der Waals surface area contributed by atoms with Gasteiger partial charge in [0.2, 0.25) is 11.7 Å². The van der Waals surface area contributed by atoms with Gasteiger partial charge in [-0.1, -0.05) is 23.9 Å². The lowest BCUT2D eigenvalue weighted by molar-refractivity contribution is -0.115. The van der Waals surface area contributed by atoms with Crippen LogP contribution in [-0.2, 0) is 4.79 Å². The Labute approximate surface area is 178 Å². The number of carbonyl (C=O) groups excluding carboxylic acids is 1. The highest BCUT2D eigenvalue weighted by Crippen LogP contribution is 2.27. The predicted octanol–water partition coefficient (Wildman–Crippen LogP) is 4.32. The van der Waals surface area contributed by atoms with Crippen LogP contribution in [0.4, 0.5) is 11.4 Å². The molecule has 0 spiro atoms. The van der Waals surface area contributed by atoms with Crippen LogP contribution in [0.5, 0.6) is 0 Å². The minimum Gasteiger partial charge on any atom is -0.372 e. The number of H-pyrrole nitrogens is 1. The molecule has 1 atom stereocenters. The van der Waals surface area contributed by atoms with Gasteiger partial charge in [0.05, 0.1) is 16.3 Å². The SMILES string of the molecule is CC(Sc1n[nH]c2nc3ccccc3n12)C(=O)Nc1ccc(N2CCCCC2)cc1. The topological polar surface area (TPSA) is 78.3 Å². The van der Waals surface area contributed by atoms with Gasteiger partial charge in [-0.15, -0.1) is 5.10 Å². The molecule has 3 heterocycles. The van der Waals surface area contributed by atoms with Gasteiger partial charge in [0, 0.05) is 24.5 Å². The molecule has 1 aliphatic rings. The van der Waals surface area contributed by atoms with Gasteiger partial charge in [-0.05, 0) is 62.6 Å². The first-order chi connectivity index (χ1) is 14.7. The number of thioether (sulfide) groups is 1. The van der Waals surface area contributed by atoms with E-state index in [0.29, 0.717) is 5.78 Å². The van der Waals surface area contributed by atoms with Crippen molar-refractivity contribution in [2.45, 2.75) is 36.6 Å². The number of amides is 1. The molecule has 1 unspecified atom stereocenters. The molecule has 8 heteroatoms. The summed E-state index contributed by atoms with van der Waals surface area (Å²) in [6, 6.07) is 16.0. The average molecular weight is 421 g/mol. The zero-order valence-corrected chi connectivity index (χ0v) is 17.7. The van der Waals surface area contributed by atoms with E-state index in [0.717, 1.165) is 35.0 Å². The second kappa shape index (κ2) is 8.02. The molecule has 2 aromatic carbocycles. The lowest BCUT2D eigenvalue weighted by Crippen LogP contribution is -2.29. The van der Waals surface area contributed by atoms with E-state index in [4.69, 9.17) is 0 Å². The molecule has 4 aromatic rings. The number of carbonyl (C=O) groups is 1. The van der Waals surface area contributed by atoms with Crippen molar-refractivity contribution < 1.29 is 4.79 Å². The van der Waals surface area contributed by atoms with Crippen molar-refractivity contribution in [2.75, 3.05) is 23.3 Å². The lowest BCUT2D eigenvalue weighted by Gasteiger charge is -2.28. The normalized spacial score (nSPS) is 15.6. The van der Waals surface area contributed by atoms with Gasteiger partial charge >= 0.3 is 0 Å². The number of rotatable bonds is 5. The molecule has 0 aliphatic carbocycles. The van der Waals surface area contributed by atoms with Crippen LogP contribution >= 0.6 is 11.8 Å². The number of anilines is 2. The molecule has 1 saturated heterocycles. The highest BCUT2D eigenvalue weighted by molar-refractivity contribution is 8.00. The maximum Gasteiger partial charge on any atom is 0.237 e. The van der Waals surface area contributed by atoms with Crippen LogP contribution in [0.1, 0.15) is 26.2 Å². The molecule has 0 saturated carbocycles. The van der Waals surface area contributed by atoms with E-state index in [9.17, 15) is 4.79 Å². The van der Waals surface area contributed by atoms with E-state index >= 15 is 0 Å². The summed E-state index contributed by atoms with van der Waals surface area (Å²) in [5.74, 6) is 0.630. The molecule has 1 amide bonds. The van der Waals surface area contributed by atoms with Crippen LogP contribution < -0.4 is 10.2 Å². The average Bonchev–Trinajstić information content (AvgIpc) is 3.34. The van der Waals surface area contributed by atoms with Crippen LogP contribution in [0, 0.1) is 0 Å². The molecule has 1 aliphatic heterocycles. The Morgan fingerprint density at radius 3 is 2.67 bits per heavy atom. The van der Waals surface area contributed by atoms with E-state index in [-0.39, 0.29) is 11.2 Å². The third kappa shape index (κ3) is 3.63.